The van der Waals surface area contributed by atoms with Gasteiger partial charge in [-0.2, -0.15) is 0 Å². The second-order valence-corrected chi connectivity index (χ2v) is 5.50. The monoisotopic (exact) mass is 263 g/mol. The predicted octanol–water partition coefficient (Wildman–Crippen LogP) is 4.06. The van der Waals surface area contributed by atoms with Crippen LogP contribution >= 0.6 is 0 Å². The molecular weight excluding hydrogens is 234 g/mol. The predicted molar refractivity (Wildman–Crippen MR) is 83.2 cm³/mol. The molecule has 19 heavy (non-hydrogen) atoms. The number of hydrogen-bond acceptors (Lipinski definition) is 2. The third kappa shape index (κ3) is 3.73. The molecule has 108 valence electrons. The zero-order valence-corrected chi connectivity index (χ0v) is 13.2. The summed E-state index contributed by atoms with van der Waals surface area (Å²) in [4.78, 5) is 0. The zero-order chi connectivity index (χ0) is 14.3. The van der Waals surface area contributed by atoms with Crippen LogP contribution in [0, 0.1) is 6.92 Å². The number of hydrogen-bond donors (Lipinski definition) is 1. The van der Waals surface area contributed by atoms with E-state index in [1.54, 1.807) is 7.11 Å². The van der Waals surface area contributed by atoms with Gasteiger partial charge in [-0.25, -0.2) is 0 Å². The minimum absolute atomic E-state index is 0.235. The fourth-order valence-corrected chi connectivity index (χ4v) is 3.14. The Balaban J connectivity index is 3.21. The number of aryl methyl sites for hydroxylation is 1. The van der Waals surface area contributed by atoms with E-state index in [1.807, 2.05) is 7.05 Å². The fraction of sp³-hybridized carbons (Fsp3) is 0.647. The molecule has 1 N–H and O–H groups in total. The van der Waals surface area contributed by atoms with Crippen molar-refractivity contribution in [3.8, 4) is 5.75 Å². The van der Waals surface area contributed by atoms with Crippen LogP contribution in [0.15, 0.2) is 18.2 Å². The summed E-state index contributed by atoms with van der Waals surface area (Å²) in [6, 6.07) is 6.70. The minimum Gasteiger partial charge on any atom is -0.496 e. The molecule has 0 aliphatic carbocycles. The average molecular weight is 263 g/mol. The molecule has 0 bridgehead atoms. The number of rotatable bonds is 8. The molecule has 0 aromatic heterocycles. The first-order chi connectivity index (χ1) is 9.13. The molecule has 0 amide bonds. The van der Waals surface area contributed by atoms with E-state index in [0.717, 1.165) is 12.3 Å². The van der Waals surface area contributed by atoms with Crippen molar-refractivity contribution >= 4 is 0 Å². The number of ether oxygens (including phenoxy) is 1. The van der Waals surface area contributed by atoms with Crippen molar-refractivity contribution in [3.05, 3.63) is 29.3 Å². The fourth-order valence-electron chi connectivity index (χ4n) is 3.14. The average Bonchev–Trinajstić information content (AvgIpc) is 2.40. The number of benzene rings is 1. The molecule has 0 radical (unpaired) electrons. The molecule has 0 heterocycles. The molecule has 2 nitrogen and oxygen atoms in total. The van der Waals surface area contributed by atoms with Crippen LogP contribution in [0.25, 0.3) is 0 Å². The van der Waals surface area contributed by atoms with Crippen LogP contribution in [-0.2, 0) is 5.41 Å². The molecule has 0 saturated heterocycles. The van der Waals surface area contributed by atoms with Crippen LogP contribution in [0.4, 0.5) is 0 Å². The van der Waals surface area contributed by atoms with Gasteiger partial charge in [0.1, 0.15) is 5.75 Å². The van der Waals surface area contributed by atoms with Crippen molar-refractivity contribution in [1.29, 1.82) is 0 Å². The quantitative estimate of drug-likeness (QED) is 0.763. The lowest BCUT2D eigenvalue weighted by molar-refractivity contribution is 0.341. The Hall–Kier alpha value is -1.02. The summed E-state index contributed by atoms with van der Waals surface area (Å²) < 4.78 is 5.49. The zero-order valence-electron chi connectivity index (χ0n) is 13.2. The Labute approximate surface area is 118 Å². The van der Waals surface area contributed by atoms with Gasteiger partial charge in [0.15, 0.2) is 0 Å². The molecule has 0 aliphatic rings. The lowest BCUT2D eigenvalue weighted by Crippen LogP contribution is -2.36. The van der Waals surface area contributed by atoms with Gasteiger partial charge < -0.3 is 10.1 Å². The third-order valence-corrected chi connectivity index (χ3v) is 3.99. The van der Waals surface area contributed by atoms with Crippen molar-refractivity contribution in [2.75, 3.05) is 20.7 Å². The maximum atomic E-state index is 5.49. The van der Waals surface area contributed by atoms with Gasteiger partial charge in [0.05, 0.1) is 7.11 Å². The summed E-state index contributed by atoms with van der Waals surface area (Å²) in [6.07, 6.45) is 4.84. The van der Waals surface area contributed by atoms with Gasteiger partial charge in [-0.05, 0) is 44.0 Å². The number of methoxy groups -OCH3 is 1. The molecule has 0 spiro atoms. The molecule has 1 rings (SSSR count). The van der Waals surface area contributed by atoms with Gasteiger partial charge in [0, 0.05) is 12.0 Å². The van der Waals surface area contributed by atoms with Gasteiger partial charge in [0.25, 0.3) is 0 Å². The van der Waals surface area contributed by atoms with Crippen LogP contribution in [0.1, 0.15) is 50.7 Å². The number of likely N-dealkylation sites (N-methyl/N-ethyl adjacent to an activating group) is 1. The van der Waals surface area contributed by atoms with E-state index < -0.39 is 0 Å². The summed E-state index contributed by atoms with van der Waals surface area (Å²) in [5, 5.41) is 3.39. The molecule has 0 fully saturated rings. The first-order valence-corrected chi connectivity index (χ1v) is 7.43. The molecule has 0 saturated carbocycles. The maximum absolute atomic E-state index is 5.49. The molecule has 1 aromatic rings. The van der Waals surface area contributed by atoms with Crippen LogP contribution in [-0.4, -0.2) is 20.7 Å². The van der Waals surface area contributed by atoms with Crippen molar-refractivity contribution in [2.45, 2.75) is 51.9 Å². The van der Waals surface area contributed by atoms with Crippen LogP contribution in [0.5, 0.6) is 5.75 Å². The summed E-state index contributed by atoms with van der Waals surface area (Å²) in [6.45, 7) is 7.67. The van der Waals surface area contributed by atoms with E-state index >= 15 is 0 Å². The Bertz CT molecular complexity index is 370. The summed E-state index contributed by atoms with van der Waals surface area (Å²) in [5.41, 5.74) is 2.85. The largest absolute Gasteiger partial charge is 0.496 e. The summed E-state index contributed by atoms with van der Waals surface area (Å²) in [5.74, 6) is 1.00. The van der Waals surface area contributed by atoms with Gasteiger partial charge in [0.2, 0.25) is 0 Å². The Morgan fingerprint density at radius 2 is 1.79 bits per heavy atom. The van der Waals surface area contributed by atoms with Crippen LogP contribution < -0.4 is 10.1 Å². The van der Waals surface area contributed by atoms with E-state index in [-0.39, 0.29) is 5.41 Å². The van der Waals surface area contributed by atoms with E-state index in [0.29, 0.717) is 0 Å². The Morgan fingerprint density at radius 3 is 2.26 bits per heavy atom. The van der Waals surface area contributed by atoms with E-state index in [9.17, 15) is 0 Å². The lowest BCUT2D eigenvalue weighted by atomic mass is 9.73. The highest BCUT2D eigenvalue weighted by Gasteiger charge is 2.30. The Kier molecular flexibility index (Phi) is 6.36. The van der Waals surface area contributed by atoms with Crippen molar-refractivity contribution in [3.63, 3.8) is 0 Å². The highest BCUT2D eigenvalue weighted by Crippen LogP contribution is 2.36. The second kappa shape index (κ2) is 7.54. The standard InChI is InChI=1S/C17H29NO/c1-6-10-17(11-7-2,13-18-4)15-9-8-14(3)16(12-15)19-5/h8-9,12,18H,6-7,10-11,13H2,1-5H3. The SMILES string of the molecule is CCCC(CCC)(CNC)c1ccc(C)c(OC)c1. The highest BCUT2D eigenvalue weighted by molar-refractivity contribution is 5.40. The van der Waals surface area contributed by atoms with Gasteiger partial charge in [-0.3, -0.25) is 0 Å². The molecule has 1 aromatic carbocycles. The van der Waals surface area contributed by atoms with Gasteiger partial charge in [-0.15, -0.1) is 0 Å². The normalized spacial score (nSPS) is 11.6. The third-order valence-electron chi connectivity index (χ3n) is 3.99. The maximum Gasteiger partial charge on any atom is 0.122 e. The van der Waals surface area contributed by atoms with E-state index in [4.69, 9.17) is 4.74 Å². The summed E-state index contributed by atoms with van der Waals surface area (Å²) in [7, 11) is 3.80. The van der Waals surface area contributed by atoms with Crippen LogP contribution in [0.3, 0.4) is 0 Å². The highest BCUT2D eigenvalue weighted by atomic mass is 16.5. The molecule has 0 aliphatic heterocycles. The molecular formula is C17H29NO. The number of nitrogens with one attached hydrogen (secondary N) is 1. The minimum atomic E-state index is 0.235. The van der Waals surface area contributed by atoms with Crippen molar-refractivity contribution < 1.29 is 4.74 Å². The Morgan fingerprint density at radius 1 is 1.16 bits per heavy atom. The van der Waals surface area contributed by atoms with Crippen molar-refractivity contribution in [1.82, 2.24) is 5.32 Å². The smallest absolute Gasteiger partial charge is 0.122 e. The lowest BCUT2D eigenvalue weighted by Gasteiger charge is -2.34. The topological polar surface area (TPSA) is 21.3 Å². The second-order valence-electron chi connectivity index (χ2n) is 5.50. The molecule has 0 unspecified atom stereocenters. The first kappa shape index (κ1) is 16.0. The van der Waals surface area contributed by atoms with Crippen molar-refractivity contribution in [2.24, 2.45) is 0 Å². The summed E-state index contributed by atoms with van der Waals surface area (Å²) >= 11 is 0. The van der Waals surface area contributed by atoms with Gasteiger partial charge in [-0.1, -0.05) is 38.8 Å². The van der Waals surface area contributed by atoms with Gasteiger partial charge >= 0.3 is 0 Å². The molecule has 2 heteroatoms. The van der Waals surface area contributed by atoms with E-state index in [1.165, 1.54) is 36.8 Å². The first-order valence-electron chi connectivity index (χ1n) is 7.43. The van der Waals surface area contributed by atoms with E-state index in [2.05, 4.69) is 44.3 Å². The molecule has 0 atom stereocenters. The van der Waals surface area contributed by atoms with Crippen LogP contribution in [0.2, 0.25) is 0 Å².